The first-order chi connectivity index (χ1) is 10.1. The van der Waals surface area contributed by atoms with Crippen LogP contribution in [0.15, 0.2) is 0 Å². The Hall–Kier alpha value is -1.18. The van der Waals surface area contributed by atoms with Gasteiger partial charge in [-0.25, -0.2) is 4.79 Å². The van der Waals surface area contributed by atoms with Crippen molar-refractivity contribution in [1.82, 2.24) is 4.90 Å². The van der Waals surface area contributed by atoms with E-state index in [9.17, 15) is 19.8 Å². The third-order valence-electron chi connectivity index (χ3n) is 4.83. The fraction of sp³-hybridized carbons (Fsp3) is 0.867. The van der Waals surface area contributed by atoms with Gasteiger partial charge >= 0.3 is 5.97 Å². The first kappa shape index (κ1) is 17.2. The minimum Gasteiger partial charge on any atom is -0.467 e. The van der Waals surface area contributed by atoms with Crippen molar-refractivity contribution in [3.63, 3.8) is 0 Å². The predicted octanol–water partition coefficient (Wildman–Crippen LogP) is -0.108. The molecule has 0 saturated carbocycles. The SMILES string of the molecule is COC(=O)[C@]12CO[C@@H](C(C)(C)C)N1C(=O)[C@H](CCO)[C@]2(C)O. The molecule has 7 nitrogen and oxygen atoms in total. The van der Waals surface area contributed by atoms with Gasteiger partial charge in [0, 0.05) is 12.0 Å². The quantitative estimate of drug-likeness (QED) is 0.706. The number of ether oxygens (including phenoxy) is 2. The van der Waals surface area contributed by atoms with E-state index in [4.69, 9.17) is 9.47 Å². The maximum absolute atomic E-state index is 12.8. The Morgan fingerprint density at radius 1 is 1.50 bits per heavy atom. The van der Waals surface area contributed by atoms with E-state index in [1.165, 1.54) is 18.9 Å². The molecule has 2 fully saturated rings. The van der Waals surface area contributed by atoms with E-state index < -0.39 is 34.7 Å². The lowest BCUT2D eigenvalue weighted by Gasteiger charge is -2.40. The number of aliphatic hydroxyl groups excluding tert-OH is 1. The highest BCUT2D eigenvalue weighted by atomic mass is 16.6. The molecule has 0 aromatic heterocycles. The van der Waals surface area contributed by atoms with Gasteiger partial charge in [0.05, 0.1) is 19.6 Å². The van der Waals surface area contributed by atoms with Gasteiger partial charge in [-0.15, -0.1) is 0 Å². The smallest absolute Gasteiger partial charge is 0.337 e. The molecular formula is C15H25NO6. The predicted molar refractivity (Wildman–Crippen MR) is 76.6 cm³/mol. The van der Waals surface area contributed by atoms with Gasteiger partial charge in [0.2, 0.25) is 5.91 Å². The van der Waals surface area contributed by atoms with Crippen LogP contribution < -0.4 is 0 Å². The Morgan fingerprint density at radius 3 is 2.55 bits per heavy atom. The molecule has 2 aliphatic rings. The number of carbonyl (C=O) groups is 2. The molecule has 0 spiro atoms. The normalized spacial score (nSPS) is 38.3. The number of hydrogen-bond acceptors (Lipinski definition) is 6. The molecular weight excluding hydrogens is 290 g/mol. The van der Waals surface area contributed by atoms with E-state index in [1.54, 1.807) is 0 Å². The van der Waals surface area contributed by atoms with Crippen LogP contribution in [0.1, 0.15) is 34.1 Å². The summed E-state index contributed by atoms with van der Waals surface area (Å²) in [5.41, 5.74) is -3.69. The molecule has 2 aliphatic heterocycles. The number of methoxy groups -OCH3 is 1. The number of esters is 1. The van der Waals surface area contributed by atoms with Crippen LogP contribution in [-0.2, 0) is 19.1 Å². The van der Waals surface area contributed by atoms with Gasteiger partial charge < -0.3 is 19.7 Å². The molecule has 0 unspecified atom stereocenters. The van der Waals surface area contributed by atoms with Crippen LogP contribution in [0.25, 0.3) is 0 Å². The zero-order valence-electron chi connectivity index (χ0n) is 13.8. The highest BCUT2D eigenvalue weighted by molar-refractivity contribution is 5.96. The van der Waals surface area contributed by atoms with Crippen LogP contribution in [0, 0.1) is 11.3 Å². The van der Waals surface area contributed by atoms with Gasteiger partial charge in [0.15, 0.2) is 5.54 Å². The highest BCUT2D eigenvalue weighted by Gasteiger charge is 2.75. The summed E-state index contributed by atoms with van der Waals surface area (Å²) in [5.74, 6) is -1.95. The summed E-state index contributed by atoms with van der Waals surface area (Å²) in [4.78, 5) is 26.7. The average molecular weight is 315 g/mol. The summed E-state index contributed by atoms with van der Waals surface area (Å²) in [5, 5.41) is 20.2. The second-order valence-corrected chi connectivity index (χ2v) is 7.30. The molecule has 2 N–H and O–H groups in total. The summed E-state index contributed by atoms with van der Waals surface area (Å²) in [6, 6.07) is 0. The van der Waals surface area contributed by atoms with Gasteiger partial charge in [0.25, 0.3) is 0 Å². The summed E-state index contributed by atoms with van der Waals surface area (Å²) < 4.78 is 10.6. The van der Waals surface area contributed by atoms with Gasteiger partial charge in [0.1, 0.15) is 11.8 Å². The molecule has 0 aromatic carbocycles. The van der Waals surface area contributed by atoms with Crippen LogP contribution in [0.2, 0.25) is 0 Å². The van der Waals surface area contributed by atoms with E-state index in [0.717, 1.165) is 0 Å². The van der Waals surface area contributed by atoms with Crippen molar-refractivity contribution in [1.29, 1.82) is 0 Å². The summed E-state index contributed by atoms with van der Waals surface area (Å²) in [6.45, 7) is 6.75. The molecule has 0 radical (unpaired) electrons. The van der Waals surface area contributed by atoms with Crippen molar-refractivity contribution in [2.75, 3.05) is 20.3 Å². The number of hydrogen-bond donors (Lipinski definition) is 2. The molecule has 4 atom stereocenters. The van der Waals surface area contributed by atoms with Crippen molar-refractivity contribution in [2.45, 2.75) is 51.5 Å². The molecule has 2 rings (SSSR count). The third kappa shape index (κ3) is 1.99. The standard InChI is InChI=1S/C15H25NO6/c1-13(2,3)11-16-10(18)9(6-7-17)14(4,20)15(16,8-22-11)12(19)21-5/h9,11,17,20H,6-8H2,1-5H3/t9-,11-,14-,15-/m0/s1. The number of fused-ring (bicyclic) bond motifs is 1. The lowest BCUT2D eigenvalue weighted by atomic mass is 9.75. The molecule has 2 saturated heterocycles. The fourth-order valence-electron chi connectivity index (χ4n) is 3.64. The van der Waals surface area contributed by atoms with E-state index in [2.05, 4.69) is 0 Å². The van der Waals surface area contributed by atoms with E-state index >= 15 is 0 Å². The minimum absolute atomic E-state index is 0.0813. The molecule has 0 bridgehead atoms. The molecule has 126 valence electrons. The summed E-state index contributed by atoms with van der Waals surface area (Å²) in [6.07, 6.45) is -0.563. The molecule has 22 heavy (non-hydrogen) atoms. The van der Waals surface area contributed by atoms with Crippen molar-refractivity contribution < 1.29 is 29.3 Å². The summed E-state index contributed by atoms with van der Waals surface area (Å²) in [7, 11) is 1.22. The zero-order valence-corrected chi connectivity index (χ0v) is 13.8. The Kier molecular flexibility index (Phi) is 4.04. The van der Waals surface area contributed by atoms with Gasteiger partial charge in [-0.05, 0) is 13.3 Å². The number of amides is 1. The molecule has 7 heteroatoms. The number of nitrogens with zero attached hydrogens (tertiary/aromatic N) is 1. The second kappa shape index (κ2) is 5.18. The Labute approximate surface area is 130 Å². The molecule has 1 amide bonds. The topological polar surface area (TPSA) is 96.3 Å². The van der Waals surface area contributed by atoms with Gasteiger partial charge in [-0.2, -0.15) is 0 Å². The van der Waals surface area contributed by atoms with Crippen LogP contribution in [0.5, 0.6) is 0 Å². The number of rotatable bonds is 3. The monoisotopic (exact) mass is 315 g/mol. The molecule has 0 aliphatic carbocycles. The van der Waals surface area contributed by atoms with Crippen LogP contribution in [-0.4, -0.2) is 64.7 Å². The Bertz CT molecular complexity index is 483. The van der Waals surface area contributed by atoms with Crippen molar-refractivity contribution in [3.05, 3.63) is 0 Å². The molecule has 2 heterocycles. The van der Waals surface area contributed by atoms with E-state index in [0.29, 0.717) is 0 Å². The third-order valence-corrected chi connectivity index (χ3v) is 4.83. The van der Waals surface area contributed by atoms with Crippen molar-refractivity contribution >= 4 is 11.9 Å². The second-order valence-electron chi connectivity index (χ2n) is 7.30. The zero-order chi connectivity index (χ0) is 16.9. The van der Waals surface area contributed by atoms with E-state index in [1.807, 2.05) is 20.8 Å². The molecule has 0 aromatic rings. The Morgan fingerprint density at radius 2 is 2.09 bits per heavy atom. The minimum atomic E-state index is -1.68. The lowest BCUT2D eigenvalue weighted by molar-refractivity contribution is -0.167. The number of aliphatic hydroxyl groups is 2. The fourth-order valence-corrected chi connectivity index (χ4v) is 3.64. The van der Waals surface area contributed by atoms with Gasteiger partial charge in [-0.1, -0.05) is 20.8 Å². The van der Waals surface area contributed by atoms with E-state index in [-0.39, 0.29) is 25.5 Å². The highest BCUT2D eigenvalue weighted by Crippen LogP contribution is 2.52. The maximum Gasteiger partial charge on any atom is 0.337 e. The first-order valence-electron chi connectivity index (χ1n) is 7.42. The van der Waals surface area contributed by atoms with Crippen molar-refractivity contribution in [3.8, 4) is 0 Å². The van der Waals surface area contributed by atoms with Crippen LogP contribution in [0.3, 0.4) is 0 Å². The summed E-state index contributed by atoms with van der Waals surface area (Å²) >= 11 is 0. The number of carbonyl (C=O) groups excluding carboxylic acids is 2. The maximum atomic E-state index is 12.8. The Balaban J connectivity index is 2.59. The van der Waals surface area contributed by atoms with Gasteiger partial charge in [-0.3, -0.25) is 9.69 Å². The lowest BCUT2D eigenvalue weighted by Crippen LogP contribution is -2.64. The van der Waals surface area contributed by atoms with Crippen LogP contribution >= 0.6 is 0 Å². The average Bonchev–Trinajstić information content (AvgIpc) is 2.90. The van der Waals surface area contributed by atoms with Crippen molar-refractivity contribution in [2.24, 2.45) is 11.3 Å². The first-order valence-corrected chi connectivity index (χ1v) is 7.42. The largest absolute Gasteiger partial charge is 0.467 e. The van der Waals surface area contributed by atoms with Crippen LogP contribution in [0.4, 0.5) is 0 Å².